The molecular weight excluding hydrogens is 246 g/mol. The number of ether oxygens (including phenoxy) is 1. The molecule has 2 rings (SSSR count). The van der Waals surface area contributed by atoms with Gasteiger partial charge in [0.05, 0.1) is 7.11 Å². The Morgan fingerprint density at radius 1 is 1.00 bits per heavy atom. The third-order valence-electron chi connectivity index (χ3n) is 2.73. The van der Waals surface area contributed by atoms with Crippen LogP contribution in [-0.4, -0.2) is 22.4 Å². The van der Waals surface area contributed by atoms with Gasteiger partial charge >= 0.3 is 0 Å². The summed E-state index contributed by atoms with van der Waals surface area (Å²) < 4.78 is 4.95. The monoisotopic (exact) mass is 261 g/mol. The number of rotatable bonds is 4. The van der Waals surface area contributed by atoms with E-state index in [2.05, 4.69) is 5.32 Å². The van der Waals surface area contributed by atoms with Gasteiger partial charge in [-0.25, -0.2) is 0 Å². The van der Waals surface area contributed by atoms with Crippen molar-refractivity contribution in [1.82, 2.24) is 0 Å². The van der Waals surface area contributed by atoms with Crippen LogP contribution in [0.5, 0.6) is 23.0 Å². The number of benzene rings is 2. The lowest BCUT2D eigenvalue weighted by Gasteiger charge is -2.10. The van der Waals surface area contributed by atoms with Crippen LogP contribution in [-0.2, 0) is 6.54 Å². The van der Waals surface area contributed by atoms with Crippen molar-refractivity contribution in [3.8, 4) is 23.0 Å². The van der Waals surface area contributed by atoms with Crippen molar-refractivity contribution in [2.24, 2.45) is 0 Å². The molecule has 0 fully saturated rings. The number of anilines is 1. The fourth-order valence-electron chi connectivity index (χ4n) is 1.70. The van der Waals surface area contributed by atoms with Crippen molar-refractivity contribution in [3.05, 3.63) is 42.0 Å². The Hall–Kier alpha value is -2.56. The van der Waals surface area contributed by atoms with E-state index in [4.69, 9.17) is 4.74 Å². The van der Waals surface area contributed by atoms with Crippen molar-refractivity contribution in [1.29, 1.82) is 0 Å². The number of hydrogen-bond acceptors (Lipinski definition) is 5. The molecule has 0 amide bonds. The molecule has 0 saturated carbocycles. The number of hydrogen-bond donors (Lipinski definition) is 4. The molecule has 5 nitrogen and oxygen atoms in total. The quantitative estimate of drug-likeness (QED) is 0.679. The van der Waals surface area contributed by atoms with Crippen molar-refractivity contribution in [3.63, 3.8) is 0 Å². The molecule has 0 radical (unpaired) electrons. The number of methoxy groups -OCH3 is 1. The van der Waals surface area contributed by atoms with Gasteiger partial charge in [0.25, 0.3) is 0 Å². The number of aromatic hydroxyl groups is 3. The third-order valence-corrected chi connectivity index (χ3v) is 2.73. The number of nitrogens with one attached hydrogen (secondary N) is 1. The molecule has 2 aromatic rings. The summed E-state index contributed by atoms with van der Waals surface area (Å²) in [6, 6.07) is 9.35. The maximum atomic E-state index is 9.64. The normalized spacial score (nSPS) is 10.2. The zero-order valence-corrected chi connectivity index (χ0v) is 10.4. The van der Waals surface area contributed by atoms with Crippen molar-refractivity contribution in [2.45, 2.75) is 6.54 Å². The Kier molecular flexibility index (Phi) is 3.66. The van der Waals surface area contributed by atoms with Gasteiger partial charge in [0.2, 0.25) is 0 Å². The van der Waals surface area contributed by atoms with E-state index in [9.17, 15) is 15.3 Å². The summed E-state index contributed by atoms with van der Waals surface area (Å²) in [6.45, 7) is 0.373. The summed E-state index contributed by atoms with van der Waals surface area (Å²) in [5, 5.41) is 31.5. The van der Waals surface area contributed by atoms with Gasteiger partial charge in [0, 0.05) is 29.9 Å². The van der Waals surface area contributed by atoms with Crippen LogP contribution in [0.4, 0.5) is 5.69 Å². The highest BCUT2D eigenvalue weighted by Gasteiger charge is 2.04. The highest BCUT2D eigenvalue weighted by Crippen LogP contribution is 2.29. The molecule has 4 N–H and O–H groups in total. The highest BCUT2D eigenvalue weighted by atomic mass is 16.5. The summed E-state index contributed by atoms with van der Waals surface area (Å²) in [4.78, 5) is 0. The minimum atomic E-state index is 0.0170. The van der Waals surface area contributed by atoms with Crippen LogP contribution < -0.4 is 10.1 Å². The average Bonchev–Trinajstić information content (AvgIpc) is 2.38. The Morgan fingerprint density at radius 2 is 1.79 bits per heavy atom. The van der Waals surface area contributed by atoms with Crippen molar-refractivity contribution >= 4 is 5.69 Å². The summed E-state index contributed by atoms with van der Waals surface area (Å²) >= 11 is 0. The third kappa shape index (κ3) is 3.01. The first-order chi connectivity index (χ1) is 9.10. The van der Waals surface area contributed by atoms with E-state index in [1.807, 2.05) is 0 Å². The Bertz CT molecular complexity index is 584. The minimum Gasteiger partial charge on any atom is -0.508 e. The lowest BCUT2D eigenvalue weighted by atomic mass is 10.2. The summed E-state index contributed by atoms with van der Waals surface area (Å²) in [6.07, 6.45) is 0. The molecule has 0 saturated heterocycles. The minimum absolute atomic E-state index is 0.0170. The molecule has 100 valence electrons. The van der Waals surface area contributed by atoms with E-state index in [-0.39, 0.29) is 17.2 Å². The molecular formula is C14H15NO4. The van der Waals surface area contributed by atoms with Gasteiger partial charge in [-0.15, -0.1) is 0 Å². The predicted molar refractivity (Wildman–Crippen MR) is 71.8 cm³/mol. The molecule has 0 aliphatic carbocycles. The smallest absolute Gasteiger partial charge is 0.160 e. The molecule has 19 heavy (non-hydrogen) atoms. The summed E-state index contributed by atoms with van der Waals surface area (Å²) in [5.74, 6) is 0.481. The first kappa shape index (κ1) is 12.9. The first-order valence-electron chi connectivity index (χ1n) is 5.72. The van der Waals surface area contributed by atoms with Crippen LogP contribution in [0.25, 0.3) is 0 Å². The number of phenolic OH excluding ortho intramolecular Hbond substituents is 3. The van der Waals surface area contributed by atoms with E-state index >= 15 is 0 Å². The zero-order valence-electron chi connectivity index (χ0n) is 10.4. The molecule has 0 aromatic heterocycles. The van der Waals surface area contributed by atoms with E-state index in [0.29, 0.717) is 23.5 Å². The largest absolute Gasteiger partial charge is 0.508 e. The molecule has 0 aliphatic rings. The molecule has 0 aliphatic heterocycles. The molecule has 5 heteroatoms. The SMILES string of the molecule is COc1ccc(NCc2ccc(O)cc2O)cc1O. The molecule has 2 aromatic carbocycles. The maximum Gasteiger partial charge on any atom is 0.160 e. The lowest BCUT2D eigenvalue weighted by molar-refractivity contribution is 0.373. The van der Waals surface area contributed by atoms with E-state index in [0.717, 1.165) is 0 Å². The predicted octanol–water partition coefficient (Wildman–Crippen LogP) is 2.42. The fraction of sp³-hybridized carbons (Fsp3) is 0.143. The average molecular weight is 261 g/mol. The van der Waals surface area contributed by atoms with Crippen LogP contribution in [0, 0.1) is 0 Å². The Labute approximate surface area is 110 Å². The van der Waals surface area contributed by atoms with Gasteiger partial charge in [-0.1, -0.05) is 0 Å². The molecule has 0 unspecified atom stereocenters. The molecule has 0 atom stereocenters. The van der Waals surface area contributed by atoms with E-state index in [1.54, 1.807) is 18.2 Å². The second kappa shape index (κ2) is 5.39. The molecule has 0 spiro atoms. The second-order valence-electron chi connectivity index (χ2n) is 4.05. The Balaban J connectivity index is 2.08. The van der Waals surface area contributed by atoms with Crippen LogP contribution in [0.2, 0.25) is 0 Å². The van der Waals surface area contributed by atoms with Crippen LogP contribution >= 0.6 is 0 Å². The van der Waals surface area contributed by atoms with E-state index in [1.165, 1.54) is 25.3 Å². The van der Waals surface area contributed by atoms with Crippen LogP contribution in [0.15, 0.2) is 36.4 Å². The van der Waals surface area contributed by atoms with Crippen molar-refractivity contribution < 1.29 is 20.1 Å². The van der Waals surface area contributed by atoms with Gasteiger partial charge in [-0.3, -0.25) is 0 Å². The molecule has 0 bridgehead atoms. The zero-order chi connectivity index (χ0) is 13.8. The second-order valence-corrected chi connectivity index (χ2v) is 4.05. The van der Waals surface area contributed by atoms with Gasteiger partial charge in [-0.2, -0.15) is 0 Å². The fourth-order valence-corrected chi connectivity index (χ4v) is 1.70. The summed E-state index contributed by atoms with van der Waals surface area (Å²) in [5.41, 5.74) is 1.35. The van der Waals surface area contributed by atoms with Gasteiger partial charge in [0.1, 0.15) is 11.5 Å². The van der Waals surface area contributed by atoms with E-state index < -0.39 is 0 Å². The number of phenols is 3. The lowest BCUT2D eigenvalue weighted by Crippen LogP contribution is -1.99. The van der Waals surface area contributed by atoms with Gasteiger partial charge in [-0.05, 0) is 24.3 Å². The van der Waals surface area contributed by atoms with Crippen molar-refractivity contribution in [2.75, 3.05) is 12.4 Å². The van der Waals surface area contributed by atoms with Gasteiger partial charge < -0.3 is 25.4 Å². The van der Waals surface area contributed by atoms with Crippen LogP contribution in [0.1, 0.15) is 5.56 Å². The first-order valence-corrected chi connectivity index (χ1v) is 5.72. The van der Waals surface area contributed by atoms with Gasteiger partial charge in [0.15, 0.2) is 11.5 Å². The topological polar surface area (TPSA) is 82.0 Å². The maximum absolute atomic E-state index is 9.64. The van der Waals surface area contributed by atoms with Crippen LogP contribution in [0.3, 0.4) is 0 Å². The molecule has 0 heterocycles. The Morgan fingerprint density at radius 3 is 2.42 bits per heavy atom. The highest BCUT2D eigenvalue weighted by molar-refractivity contribution is 5.54. The standard InChI is InChI=1S/C14H15NO4/c1-19-14-5-3-10(6-13(14)18)15-8-9-2-4-11(16)7-12(9)17/h2-7,15-18H,8H2,1H3. The summed E-state index contributed by atoms with van der Waals surface area (Å²) in [7, 11) is 1.48.